The zero-order valence-electron chi connectivity index (χ0n) is 21.0. The molecule has 0 radical (unpaired) electrons. The number of nitrogens with one attached hydrogen (secondary N) is 1. The summed E-state index contributed by atoms with van der Waals surface area (Å²) in [5.74, 6) is 7.13. The lowest BCUT2D eigenvalue weighted by Gasteiger charge is -2.25. The van der Waals surface area contributed by atoms with Gasteiger partial charge in [-0.25, -0.2) is 9.97 Å². The van der Waals surface area contributed by atoms with Gasteiger partial charge in [-0.3, -0.25) is 14.8 Å². The molecule has 0 saturated carbocycles. The molecule has 1 aliphatic heterocycles. The molecule has 8 nitrogen and oxygen atoms in total. The Labute approximate surface area is 220 Å². The van der Waals surface area contributed by atoms with E-state index in [0.29, 0.717) is 17.2 Å². The molecule has 0 fully saturated rings. The Balaban J connectivity index is 1.56. The van der Waals surface area contributed by atoms with Crippen molar-refractivity contribution >= 4 is 23.0 Å². The monoisotopic (exact) mass is 503 g/mol. The Bertz CT molecular complexity index is 1600. The number of hydrogen-bond donors (Lipinski definition) is 1. The molecular weight excluding hydrogens is 478 g/mol. The molecule has 1 aliphatic rings. The second-order valence-electron chi connectivity index (χ2n) is 8.59. The van der Waals surface area contributed by atoms with Crippen LogP contribution in [0.4, 0.5) is 0 Å². The number of allylic oxidation sites excluding steroid dienone is 1. The first-order chi connectivity index (χ1) is 18.6. The number of benzene rings is 2. The van der Waals surface area contributed by atoms with E-state index >= 15 is 0 Å². The summed E-state index contributed by atoms with van der Waals surface area (Å²) < 4.78 is 11.0. The molecule has 0 aliphatic carbocycles. The van der Waals surface area contributed by atoms with Crippen LogP contribution in [0.2, 0.25) is 0 Å². The summed E-state index contributed by atoms with van der Waals surface area (Å²) >= 11 is 0. The normalized spacial score (nSPS) is 16.0. The smallest absolute Gasteiger partial charge is 0.246 e. The summed E-state index contributed by atoms with van der Waals surface area (Å²) in [4.78, 5) is 30.1. The fourth-order valence-corrected chi connectivity index (χ4v) is 4.23. The van der Waals surface area contributed by atoms with Crippen molar-refractivity contribution in [2.45, 2.75) is 12.5 Å². The Morgan fingerprint density at radius 1 is 1.05 bits per heavy atom. The highest BCUT2D eigenvalue weighted by Gasteiger charge is 2.38. The summed E-state index contributed by atoms with van der Waals surface area (Å²) in [7, 11) is 1.47. The van der Waals surface area contributed by atoms with Gasteiger partial charge < -0.3 is 14.8 Å². The fraction of sp³-hybridized carbons (Fsp3) is 0.167. The molecule has 2 aromatic carbocycles. The van der Waals surface area contributed by atoms with Crippen LogP contribution in [0.5, 0.6) is 5.75 Å². The Morgan fingerprint density at radius 2 is 1.92 bits per heavy atom. The number of methoxy groups -OCH3 is 1. The van der Waals surface area contributed by atoms with Gasteiger partial charge in [-0.15, -0.1) is 0 Å². The van der Waals surface area contributed by atoms with Crippen molar-refractivity contribution < 1.29 is 14.3 Å². The Hall–Kier alpha value is -4.87. The lowest BCUT2D eigenvalue weighted by molar-refractivity contribution is -0.124. The first-order valence-electron chi connectivity index (χ1n) is 12.0. The van der Waals surface area contributed by atoms with Crippen LogP contribution in [0.15, 0.2) is 90.0 Å². The largest absolute Gasteiger partial charge is 0.454 e. The second-order valence-corrected chi connectivity index (χ2v) is 8.59. The van der Waals surface area contributed by atoms with E-state index in [-0.39, 0.29) is 19.1 Å². The SMILES string of the molecule is COCC(=O)NCC#Cc1ccc2ncnc(C3(c4ccccc4)C=C(Oc4cccnc4C)C=N3)c2c1. The van der Waals surface area contributed by atoms with Crippen LogP contribution >= 0.6 is 0 Å². The first kappa shape index (κ1) is 24.8. The topological polar surface area (TPSA) is 98.6 Å². The van der Waals surface area contributed by atoms with Crippen molar-refractivity contribution in [3.05, 3.63) is 108 Å². The fourth-order valence-electron chi connectivity index (χ4n) is 4.23. The minimum Gasteiger partial charge on any atom is -0.454 e. The molecule has 38 heavy (non-hydrogen) atoms. The van der Waals surface area contributed by atoms with E-state index in [2.05, 4.69) is 27.1 Å². The molecule has 2 aromatic heterocycles. The summed E-state index contributed by atoms with van der Waals surface area (Å²) in [5, 5.41) is 3.51. The van der Waals surface area contributed by atoms with Crippen LogP contribution in [-0.4, -0.2) is 47.3 Å². The van der Waals surface area contributed by atoms with Crippen molar-refractivity contribution in [2.75, 3.05) is 20.3 Å². The maximum atomic E-state index is 11.6. The summed E-state index contributed by atoms with van der Waals surface area (Å²) in [6.45, 7) is 2.11. The van der Waals surface area contributed by atoms with Crippen molar-refractivity contribution in [3.8, 4) is 17.6 Å². The van der Waals surface area contributed by atoms with Gasteiger partial charge in [-0.2, -0.15) is 0 Å². The minimum absolute atomic E-state index is 0.0000129. The van der Waals surface area contributed by atoms with E-state index in [9.17, 15) is 4.79 Å². The number of pyridine rings is 1. The number of aryl methyl sites for hydroxylation is 1. The first-order valence-corrected chi connectivity index (χ1v) is 12.0. The number of ether oxygens (including phenoxy) is 2. The van der Waals surface area contributed by atoms with E-state index < -0.39 is 5.54 Å². The molecule has 1 atom stereocenters. The van der Waals surface area contributed by atoms with E-state index in [1.165, 1.54) is 7.11 Å². The van der Waals surface area contributed by atoms with Crippen molar-refractivity contribution in [2.24, 2.45) is 4.99 Å². The number of carbonyl (C=O) groups is 1. The van der Waals surface area contributed by atoms with E-state index in [1.807, 2.05) is 73.7 Å². The van der Waals surface area contributed by atoms with Gasteiger partial charge in [0, 0.05) is 24.3 Å². The molecule has 188 valence electrons. The van der Waals surface area contributed by atoms with Gasteiger partial charge in [-0.05, 0) is 48.9 Å². The third-order valence-electron chi connectivity index (χ3n) is 6.03. The number of hydrogen-bond acceptors (Lipinski definition) is 7. The van der Waals surface area contributed by atoms with Crippen LogP contribution in [0, 0.1) is 18.8 Å². The van der Waals surface area contributed by atoms with Crippen molar-refractivity contribution in [1.82, 2.24) is 20.3 Å². The number of aliphatic imine (C=N–C) groups is 1. The van der Waals surface area contributed by atoms with Gasteiger partial charge in [0.1, 0.15) is 24.4 Å². The van der Waals surface area contributed by atoms with Crippen LogP contribution in [-0.2, 0) is 15.1 Å². The predicted molar refractivity (Wildman–Crippen MR) is 145 cm³/mol. The zero-order valence-corrected chi connectivity index (χ0v) is 21.0. The summed E-state index contributed by atoms with van der Waals surface area (Å²) in [6, 6.07) is 19.4. The van der Waals surface area contributed by atoms with Gasteiger partial charge in [0.15, 0.2) is 5.54 Å². The number of fused-ring (bicyclic) bond motifs is 1. The molecule has 4 aromatic rings. The molecule has 0 saturated heterocycles. The number of nitrogens with zero attached hydrogens (tertiary/aromatic N) is 4. The second kappa shape index (κ2) is 11.0. The Kier molecular flexibility index (Phi) is 7.20. The van der Waals surface area contributed by atoms with Crippen LogP contribution in [0.25, 0.3) is 10.9 Å². The van der Waals surface area contributed by atoms with Gasteiger partial charge in [0.05, 0.1) is 29.7 Å². The maximum Gasteiger partial charge on any atom is 0.246 e. The third-order valence-corrected chi connectivity index (χ3v) is 6.03. The lowest BCUT2D eigenvalue weighted by atomic mass is 9.85. The van der Waals surface area contributed by atoms with Crippen LogP contribution in [0.1, 0.15) is 22.5 Å². The van der Waals surface area contributed by atoms with E-state index in [4.69, 9.17) is 19.5 Å². The number of rotatable bonds is 7. The molecule has 1 N–H and O–H groups in total. The number of aromatic nitrogens is 3. The van der Waals surface area contributed by atoms with Crippen molar-refractivity contribution in [1.29, 1.82) is 0 Å². The maximum absolute atomic E-state index is 11.6. The van der Waals surface area contributed by atoms with E-state index in [1.54, 1.807) is 18.7 Å². The highest BCUT2D eigenvalue weighted by atomic mass is 16.5. The standard InChI is InChI=1S/C30H25N5O3/c1-21-27(11-7-14-31-21)38-24-17-30(35-18-24,23-9-4-3-5-10-23)29-25-16-22(12-13-26(25)33-20-34-29)8-6-15-32-28(36)19-37-2/h3-5,7,9-14,16-18,20H,15,19H2,1-2H3,(H,32,36). The van der Waals surface area contributed by atoms with Gasteiger partial charge >= 0.3 is 0 Å². The van der Waals surface area contributed by atoms with E-state index in [0.717, 1.165) is 27.7 Å². The number of carbonyl (C=O) groups excluding carboxylic acids is 1. The molecule has 1 unspecified atom stereocenters. The lowest BCUT2D eigenvalue weighted by Crippen LogP contribution is -2.27. The highest BCUT2D eigenvalue weighted by molar-refractivity contribution is 5.88. The minimum atomic E-state index is -0.923. The predicted octanol–water partition coefficient (Wildman–Crippen LogP) is 3.74. The molecule has 8 heteroatoms. The quantitative estimate of drug-likeness (QED) is 0.386. The molecule has 3 heterocycles. The van der Waals surface area contributed by atoms with Gasteiger partial charge in [-0.1, -0.05) is 42.2 Å². The summed E-state index contributed by atoms with van der Waals surface area (Å²) in [6.07, 6.45) is 6.97. The zero-order chi connectivity index (χ0) is 26.4. The van der Waals surface area contributed by atoms with Crippen LogP contribution < -0.4 is 10.1 Å². The van der Waals surface area contributed by atoms with Crippen molar-refractivity contribution in [3.63, 3.8) is 0 Å². The Morgan fingerprint density at radius 3 is 2.74 bits per heavy atom. The molecular formula is C30H25N5O3. The summed E-state index contributed by atoms with van der Waals surface area (Å²) in [5.41, 5.74) is 3.05. The third kappa shape index (κ3) is 5.14. The average Bonchev–Trinajstić information content (AvgIpc) is 3.37. The molecule has 0 bridgehead atoms. The average molecular weight is 504 g/mol. The van der Waals surface area contributed by atoms with Gasteiger partial charge in [0.25, 0.3) is 0 Å². The molecule has 0 spiro atoms. The van der Waals surface area contributed by atoms with Crippen LogP contribution in [0.3, 0.4) is 0 Å². The molecule has 5 rings (SSSR count). The molecule has 1 amide bonds. The van der Waals surface area contributed by atoms with Gasteiger partial charge in [0.2, 0.25) is 5.91 Å². The highest BCUT2D eigenvalue weighted by Crippen LogP contribution is 2.41. The number of amides is 1.